The number of nitrogens with one attached hydrogen (secondary N) is 1. The third kappa shape index (κ3) is 5.16. The van der Waals surface area contributed by atoms with E-state index < -0.39 is 27.3 Å². The predicted molar refractivity (Wildman–Crippen MR) is 91.8 cm³/mol. The van der Waals surface area contributed by atoms with Crippen molar-refractivity contribution in [3.05, 3.63) is 57.6 Å². The lowest BCUT2D eigenvalue weighted by Crippen LogP contribution is -2.20. The first-order valence-electron chi connectivity index (χ1n) is 6.83. The zero-order chi connectivity index (χ0) is 18.6. The number of benzene rings is 2. The van der Waals surface area contributed by atoms with Gasteiger partial charge < -0.3 is 10.1 Å². The number of hydrogen-bond donors (Lipinski definition) is 1. The van der Waals surface area contributed by atoms with Crippen molar-refractivity contribution >= 4 is 38.7 Å². The molecule has 2 aromatic rings. The lowest BCUT2D eigenvalue weighted by atomic mass is 10.3. The van der Waals surface area contributed by atoms with E-state index in [4.69, 9.17) is 16.3 Å². The van der Waals surface area contributed by atoms with Crippen molar-refractivity contribution in [3.63, 3.8) is 0 Å². The Kier molecular flexibility index (Phi) is 5.60. The van der Waals surface area contributed by atoms with Crippen LogP contribution in [0.2, 0.25) is 5.02 Å². The molecule has 0 aliphatic heterocycles. The predicted octanol–water partition coefficient (Wildman–Crippen LogP) is 2.67. The van der Waals surface area contributed by atoms with Crippen molar-refractivity contribution in [2.75, 3.05) is 18.2 Å². The molecule has 25 heavy (non-hydrogen) atoms. The summed E-state index contributed by atoms with van der Waals surface area (Å²) in [6, 6.07) is 9.50. The van der Waals surface area contributed by atoms with Crippen molar-refractivity contribution in [3.8, 4) is 5.75 Å². The fourth-order valence-electron chi connectivity index (χ4n) is 1.90. The molecule has 0 radical (unpaired) electrons. The van der Waals surface area contributed by atoms with Crippen molar-refractivity contribution in [2.24, 2.45) is 0 Å². The molecule has 0 bridgehead atoms. The Morgan fingerprint density at radius 3 is 2.64 bits per heavy atom. The van der Waals surface area contributed by atoms with Gasteiger partial charge in [0, 0.05) is 23.0 Å². The standard InChI is InChI=1S/C15H13ClN2O6S/c1-25(22,23)12-4-2-3-11(8-12)17-15(19)9-24-14-6-5-10(16)7-13(14)18(20)21/h2-8H,9H2,1H3,(H,17,19). The molecule has 0 aliphatic rings. The Morgan fingerprint density at radius 1 is 1.28 bits per heavy atom. The molecule has 0 heterocycles. The molecule has 0 fully saturated rings. The van der Waals surface area contributed by atoms with E-state index in [1.165, 1.54) is 36.4 Å². The molecule has 132 valence electrons. The summed E-state index contributed by atoms with van der Waals surface area (Å²) in [5, 5.41) is 13.6. The second-order valence-electron chi connectivity index (χ2n) is 5.01. The number of amides is 1. The number of rotatable bonds is 6. The molecule has 0 atom stereocenters. The van der Waals surface area contributed by atoms with Gasteiger partial charge in [-0.15, -0.1) is 0 Å². The molecule has 0 aromatic heterocycles. The van der Waals surface area contributed by atoms with Crippen molar-refractivity contribution in [1.29, 1.82) is 0 Å². The van der Waals surface area contributed by atoms with Gasteiger partial charge in [-0.05, 0) is 30.3 Å². The van der Waals surface area contributed by atoms with Crippen LogP contribution in [0.4, 0.5) is 11.4 Å². The number of anilines is 1. The summed E-state index contributed by atoms with van der Waals surface area (Å²) in [6.45, 7) is -0.494. The summed E-state index contributed by atoms with van der Waals surface area (Å²) < 4.78 is 28.2. The molecule has 0 unspecified atom stereocenters. The largest absolute Gasteiger partial charge is 0.477 e. The Labute approximate surface area is 148 Å². The first kappa shape index (κ1) is 18.7. The quantitative estimate of drug-likeness (QED) is 0.604. The number of nitrogens with zero attached hydrogens (tertiary/aromatic N) is 1. The second kappa shape index (κ2) is 7.49. The maximum atomic E-state index is 11.9. The van der Waals surface area contributed by atoms with Crippen LogP contribution in [-0.2, 0) is 14.6 Å². The van der Waals surface area contributed by atoms with Gasteiger partial charge in [-0.25, -0.2) is 8.42 Å². The number of nitro groups is 1. The topological polar surface area (TPSA) is 116 Å². The van der Waals surface area contributed by atoms with Gasteiger partial charge in [0.15, 0.2) is 22.2 Å². The van der Waals surface area contributed by atoms with Crippen LogP contribution in [0.25, 0.3) is 0 Å². The minimum atomic E-state index is -3.41. The van der Waals surface area contributed by atoms with Gasteiger partial charge >= 0.3 is 5.69 Å². The maximum Gasteiger partial charge on any atom is 0.312 e. The van der Waals surface area contributed by atoms with Crippen molar-refractivity contribution in [1.82, 2.24) is 0 Å². The van der Waals surface area contributed by atoms with E-state index in [2.05, 4.69) is 5.32 Å². The number of halogens is 1. The fourth-order valence-corrected chi connectivity index (χ4v) is 2.73. The van der Waals surface area contributed by atoms with Crippen LogP contribution >= 0.6 is 11.6 Å². The monoisotopic (exact) mass is 384 g/mol. The van der Waals surface area contributed by atoms with E-state index in [0.29, 0.717) is 0 Å². The van der Waals surface area contributed by atoms with Crippen molar-refractivity contribution in [2.45, 2.75) is 4.90 Å². The van der Waals surface area contributed by atoms with E-state index in [1.54, 1.807) is 0 Å². The summed E-state index contributed by atoms with van der Waals surface area (Å²) in [4.78, 5) is 22.2. The molecule has 0 saturated carbocycles. The molecule has 0 aliphatic carbocycles. The highest BCUT2D eigenvalue weighted by Gasteiger charge is 2.17. The van der Waals surface area contributed by atoms with Gasteiger partial charge in [0.05, 0.1) is 9.82 Å². The van der Waals surface area contributed by atoms with Gasteiger partial charge in [-0.2, -0.15) is 0 Å². The van der Waals surface area contributed by atoms with Crippen LogP contribution in [0.3, 0.4) is 0 Å². The van der Waals surface area contributed by atoms with Crippen LogP contribution in [-0.4, -0.2) is 32.1 Å². The zero-order valence-corrected chi connectivity index (χ0v) is 14.5. The molecule has 10 heteroatoms. The van der Waals surface area contributed by atoms with Gasteiger partial charge in [0.25, 0.3) is 5.91 Å². The maximum absolute atomic E-state index is 11.9. The summed E-state index contributed by atoms with van der Waals surface area (Å²) in [5.74, 6) is -0.704. The molecule has 0 spiro atoms. The fraction of sp³-hybridized carbons (Fsp3) is 0.133. The highest BCUT2D eigenvalue weighted by molar-refractivity contribution is 7.90. The van der Waals surface area contributed by atoms with E-state index in [0.717, 1.165) is 12.3 Å². The Hall–Kier alpha value is -2.65. The van der Waals surface area contributed by atoms with Gasteiger partial charge in [-0.3, -0.25) is 14.9 Å². The normalized spacial score (nSPS) is 11.0. The molecule has 1 amide bonds. The van der Waals surface area contributed by atoms with E-state index in [9.17, 15) is 23.3 Å². The average molecular weight is 385 g/mol. The Morgan fingerprint density at radius 2 is 2.00 bits per heavy atom. The minimum absolute atomic E-state index is 0.0551. The molecular formula is C15H13ClN2O6S. The number of carbonyl (C=O) groups excluding carboxylic acids is 1. The molecule has 1 N–H and O–H groups in total. The van der Waals surface area contributed by atoms with Crippen LogP contribution in [0.1, 0.15) is 0 Å². The minimum Gasteiger partial charge on any atom is -0.477 e. The SMILES string of the molecule is CS(=O)(=O)c1cccc(NC(=O)COc2ccc(Cl)cc2[N+](=O)[O-])c1. The highest BCUT2D eigenvalue weighted by atomic mass is 35.5. The molecule has 2 aromatic carbocycles. The smallest absolute Gasteiger partial charge is 0.312 e. The molecule has 2 rings (SSSR count). The first-order valence-corrected chi connectivity index (χ1v) is 9.10. The summed E-state index contributed by atoms with van der Waals surface area (Å²) in [7, 11) is -3.41. The van der Waals surface area contributed by atoms with Crippen LogP contribution in [0.5, 0.6) is 5.75 Å². The lowest BCUT2D eigenvalue weighted by molar-refractivity contribution is -0.385. The van der Waals surface area contributed by atoms with E-state index in [-0.39, 0.29) is 27.0 Å². The second-order valence-corrected chi connectivity index (χ2v) is 7.46. The van der Waals surface area contributed by atoms with Gasteiger partial charge in [0.2, 0.25) is 0 Å². The number of nitro benzene ring substituents is 1. The number of sulfone groups is 1. The van der Waals surface area contributed by atoms with Crippen LogP contribution in [0.15, 0.2) is 47.4 Å². The summed E-state index contributed by atoms with van der Waals surface area (Å²) in [6.07, 6.45) is 1.05. The van der Waals surface area contributed by atoms with E-state index >= 15 is 0 Å². The third-order valence-corrected chi connectivity index (χ3v) is 4.37. The van der Waals surface area contributed by atoms with Crippen LogP contribution in [0, 0.1) is 10.1 Å². The molecule has 0 saturated heterocycles. The Bertz CT molecular complexity index is 929. The molecular weight excluding hydrogens is 372 g/mol. The first-order chi connectivity index (χ1) is 11.7. The number of carbonyl (C=O) groups is 1. The van der Waals surface area contributed by atoms with Gasteiger partial charge in [-0.1, -0.05) is 17.7 Å². The lowest BCUT2D eigenvalue weighted by Gasteiger charge is -2.09. The Balaban J connectivity index is 2.06. The van der Waals surface area contributed by atoms with E-state index in [1.807, 2.05) is 0 Å². The number of hydrogen-bond acceptors (Lipinski definition) is 6. The summed E-state index contributed by atoms with van der Waals surface area (Å²) >= 11 is 5.69. The van der Waals surface area contributed by atoms with Crippen molar-refractivity contribution < 1.29 is 22.9 Å². The van der Waals surface area contributed by atoms with Crippen LogP contribution < -0.4 is 10.1 Å². The number of ether oxygens (including phenoxy) is 1. The average Bonchev–Trinajstić information content (AvgIpc) is 2.53. The third-order valence-electron chi connectivity index (χ3n) is 3.02. The van der Waals surface area contributed by atoms with Gasteiger partial charge in [0.1, 0.15) is 0 Å². The summed E-state index contributed by atoms with van der Waals surface area (Å²) in [5.41, 5.74) is -0.0958. The zero-order valence-electron chi connectivity index (χ0n) is 12.9. The molecule has 8 nitrogen and oxygen atoms in total. The highest BCUT2D eigenvalue weighted by Crippen LogP contribution is 2.29.